The van der Waals surface area contributed by atoms with Crippen molar-refractivity contribution >= 4 is 11.7 Å². The predicted molar refractivity (Wildman–Crippen MR) is 405 cm³/mol. The maximum Gasteiger partial charge on any atom is 0.331 e. The van der Waals surface area contributed by atoms with E-state index < -0.39 is 0 Å². The van der Waals surface area contributed by atoms with E-state index in [4.69, 9.17) is 4.74 Å². The Morgan fingerprint density at radius 2 is 1.00 bits per heavy atom. The van der Waals surface area contributed by atoms with Gasteiger partial charge in [0.25, 0.3) is 0 Å². The lowest BCUT2D eigenvalue weighted by Crippen LogP contribution is -2.25. The number of pyridine rings is 3. The number of nitrogens with zero attached hydrogens (tertiary/aromatic N) is 11. The maximum atomic E-state index is 10.6. The number of rotatable bonds is 0. The van der Waals surface area contributed by atoms with Gasteiger partial charge in [-0.15, -0.1) is 0 Å². The number of allylic oxidation sites excluding steroid dienone is 1. The molecule has 9 rings (SSSR count). The van der Waals surface area contributed by atoms with Crippen LogP contribution in [0.3, 0.4) is 0 Å². The second-order valence-corrected chi connectivity index (χ2v) is 34.1. The summed E-state index contributed by atoms with van der Waals surface area (Å²) in [5, 5.41) is 0. The zero-order valence-electron chi connectivity index (χ0n) is 66.5. The Labute approximate surface area is 583 Å². The van der Waals surface area contributed by atoms with Gasteiger partial charge in [0.15, 0.2) is 0 Å². The van der Waals surface area contributed by atoms with E-state index in [1.165, 1.54) is 34.2 Å². The minimum Gasteiger partial charge on any atom is -0.454 e. The number of aliphatic imine (C=N–C) groups is 1. The molecule has 0 aliphatic carbocycles. The van der Waals surface area contributed by atoms with E-state index in [1.54, 1.807) is 6.33 Å². The molecule has 96 heavy (non-hydrogen) atoms. The van der Waals surface area contributed by atoms with E-state index in [0.717, 1.165) is 69.6 Å². The van der Waals surface area contributed by atoms with E-state index in [0.29, 0.717) is 0 Å². The third-order valence-corrected chi connectivity index (χ3v) is 14.7. The van der Waals surface area contributed by atoms with Crippen LogP contribution in [0.4, 0.5) is 0 Å². The fourth-order valence-corrected chi connectivity index (χ4v) is 8.79. The number of H-pyrrole nitrogens is 1. The van der Waals surface area contributed by atoms with Gasteiger partial charge in [0.2, 0.25) is 0 Å². The normalized spacial score (nSPS) is 13.8. The minimum atomic E-state index is -0.222. The van der Waals surface area contributed by atoms with E-state index in [2.05, 4.69) is 276 Å². The van der Waals surface area contributed by atoms with Crippen molar-refractivity contribution in [3.05, 3.63) is 202 Å². The molecule has 9 heterocycles. The van der Waals surface area contributed by atoms with Crippen LogP contribution in [0.25, 0.3) is 0 Å². The Kier molecular flexibility index (Phi) is 33.1. The van der Waals surface area contributed by atoms with E-state index in [1.807, 2.05) is 130 Å². The molecular formula is C82H128N12O2. The molecule has 2 aliphatic heterocycles. The zero-order chi connectivity index (χ0) is 74.2. The summed E-state index contributed by atoms with van der Waals surface area (Å²) in [5.41, 5.74) is 16.7. The van der Waals surface area contributed by atoms with Gasteiger partial charge in [0.1, 0.15) is 29.9 Å². The number of carbonyl (C=O) groups is 1. The third-order valence-electron chi connectivity index (χ3n) is 14.7. The van der Waals surface area contributed by atoms with Gasteiger partial charge in [-0.05, 0) is 143 Å². The van der Waals surface area contributed by atoms with Gasteiger partial charge in [-0.1, -0.05) is 205 Å². The van der Waals surface area contributed by atoms with E-state index >= 15 is 0 Å². The van der Waals surface area contributed by atoms with Crippen molar-refractivity contribution in [2.24, 2.45) is 15.8 Å². The summed E-state index contributed by atoms with van der Waals surface area (Å²) in [6, 6.07) is 20.4. The Hall–Kier alpha value is -7.48. The number of imidazole rings is 1. The van der Waals surface area contributed by atoms with Crippen LogP contribution in [-0.2, 0) is 47.4 Å². The second-order valence-electron chi connectivity index (χ2n) is 34.1. The topological polar surface area (TPSA) is 183 Å². The molecule has 1 unspecified atom stereocenters. The fourth-order valence-electron chi connectivity index (χ4n) is 8.79. The summed E-state index contributed by atoms with van der Waals surface area (Å²) in [4.78, 5) is 60.2. The van der Waals surface area contributed by atoms with Gasteiger partial charge in [0.05, 0.1) is 6.54 Å². The summed E-state index contributed by atoms with van der Waals surface area (Å²) < 4.78 is 4.98. The number of esters is 1. The number of cyclic esters (lactones) is 1. The van der Waals surface area contributed by atoms with Crippen molar-refractivity contribution in [2.75, 3.05) is 6.54 Å². The van der Waals surface area contributed by atoms with Crippen LogP contribution in [0.5, 0.6) is 0 Å². The first-order valence-electron chi connectivity index (χ1n) is 33.8. The highest BCUT2D eigenvalue weighted by Gasteiger charge is 2.29. The monoisotopic (exact) mass is 1310 g/mol. The number of nitrogens with one attached hydrogen (secondary N) is 1. The first-order chi connectivity index (χ1) is 43.5. The second kappa shape index (κ2) is 36.7. The van der Waals surface area contributed by atoms with Crippen molar-refractivity contribution in [1.29, 1.82) is 0 Å². The van der Waals surface area contributed by atoms with Crippen LogP contribution in [0.2, 0.25) is 0 Å². The highest BCUT2D eigenvalue weighted by molar-refractivity contribution is 6.00. The van der Waals surface area contributed by atoms with Gasteiger partial charge in [-0.25, -0.2) is 39.7 Å². The van der Waals surface area contributed by atoms with Crippen LogP contribution >= 0.6 is 0 Å². The number of hydrogen-bond donors (Lipinski definition) is 1. The van der Waals surface area contributed by atoms with Gasteiger partial charge in [-0.3, -0.25) is 19.9 Å². The lowest BCUT2D eigenvalue weighted by molar-refractivity contribution is -0.142. The van der Waals surface area contributed by atoms with Crippen molar-refractivity contribution in [3.8, 4) is 0 Å². The average Bonchev–Trinajstić information content (AvgIpc) is 1.86. The third kappa shape index (κ3) is 34.5. The fraction of sp³-hybridized carbons (Fsp3) is 0.561. The van der Waals surface area contributed by atoms with Crippen LogP contribution in [-0.4, -0.2) is 79.2 Å². The van der Waals surface area contributed by atoms with Crippen LogP contribution < -0.4 is 0 Å². The lowest BCUT2D eigenvalue weighted by Gasteiger charge is -2.23. The van der Waals surface area contributed by atoms with E-state index in [-0.39, 0.29) is 60.8 Å². The Morgan fingerprint density at radius 1 is 0.448 bits per heavy atom. The molecule has 528 valence electrons. The van der Waals surface area contributed by atoms with Crippen LogP contribution in [0, 0.1) is 59.3 Å². The van der Waals surface area contributed by atoms with Gasteiger partial charge in [0, 0.05) is 127 Å². The van der Waals surface area contributed by atoms with Gasteiger partial charge >= 0.3 is 5.97 Å². The SMILES string of the molecule is CC(C)(C)C1C=CC(=O)O1.CC1=NCC=C1C(C)(C)C.Cc1cc(C(C)(C)C)ccn1.Cc1cc(C(C)(C)C)ncn1.Cc1cccc(C(C)(C)C)n1.Cc1ccnc(C(C)(C)C)n1.Cc1ncc(C(C)(C)C)[nH]1.Cc1nccc(C(C)(C)C)n1.Cc1ncccc1C(C)(C)C. The lowest BCUT2D eigenvalue weighted by atomic mass is 9.84. The van der Waals surface area contributed by atoms with Crippen LogP contribution in [0.1, 0.15) is 274 Å². The summed E-state index contributed by atoms with van der Waals surface area (Å²) in [5.74, 6) is 2.53. The Balaban J connectivity index is 0.000000540. The molecule has 14 heteroatoms. The minimum absolute atomic E-state index is 0.0304. The molecular weight excluding hydrogens is 1180 g/mol. The Bertz CT molecular complexity index is 3240. The summed E-state index contributed by atoms with van der Waals surface area (Å²) in [6.45, 7) is 75.2. The molecule has 0 fully saturated rings. The smallest absolute Gasteiger partial charge is 0.331 e. The molecule has 1 atom stereocenters. The standard InChI is InChI=1S/3C10H15N.3C9H14N2.C9H15N.C8H14N2.C8H12O2/c1-8-7-9(5-6-11-8)10(2,3)4;1-8-9(10(2,3)4)6-5-7-11-8;1-8-6-5-7-9(11-8)10(2,3)4;1-7-5-8(9(2,3)4)11-6-10-7;1-7-10-6-5-8(11-7)9(2,3)4;1-7-5-6-10-8(11-7)9(2,3)4;1-7-8(5-6-10-7)9(2,3)4;1-6-9-5-7(10-6)8(2,3)4;1-8(2,3)6-4-5-7(9)10-6/h3*5-7H,1-4H3;3*5-6H,1-4H3;5H,6H2,1-4H3;5H,1-4H3,(H,9,10);4-6H,1-3H3. The molecule has 14 nitrogen and oxygen atoms in total. The molecule has 7 aromatic rings. The number of aryl methyl sites for hydroxylation is 7. The highest BCUT2D eigenvalue weighted by Crippen LogP contribution is 2.30. The van der Waals surface area contributed by atoms with Crippen LogP contribution in [0.15, 0.2) is 127 Å². The van der Waals surface area contributed by atoms with Crippen molar-refractivity contribution < 1.29 is 9.53 Å². The average molecular weight is 1310 g/mol. The summed E-state index contributed by atoms with van der Waals surface area (Å²) in [7, 11) is 0. The largest absolute Gasteiger partial charge is 0.454 e. The number of ether oxygens (including phenoxy) is 1. The first-order valence-corrected chi connectivity index (χ1v) is 33.8. The maximum absolute atomic E-state index is 10.6. The summed E-state index contributed by atoms with van der Waals surface area (Å²) >= 11 is 0. The highest BCUT2D eigenvalue weighted by atomic mass is 16.5. The predicted octanol–water partition coefficient (Wildman–Crippen LogP) is 20.3. The molecule has 0 amide bonds. The zero-order valence-corrected chi connectivity index (χ0v) is 66.5. The first kappa shape index (κ1) is 86.5. The number of aromatic nitrogens is 11. The van der Waals surface area contributed by atoms with Crippen molar-refractivity contribution in [3.63, 3.8) is 0 Å². The number of aromatic amines is 1. The van der Waals surface area contributed by atoms with Gasteiger partial charge in [-0.2, -0.15) is 0 Å². The quantitative estimate of drug-likeness (QED) is 0.142. The number of carbonyl (C=O) groups excluding carboxylic acids is 1. The van der Waals surface area contributed by atoms with Crippen molar-refractivity contribution in [2.45, 2.75) is 286 Å². The number of hydrogen-bond acceptors (Lipinski definition) is 13. The molecule has 0 saturated carbocycles. The molecule has 1 N–H and O–H groups in total. The summed E-state index contributed by atoms with van der Waals surface area (Å²) in [6.07, 6.45) is 16.3. The molecule has 2 aliphatic rings. The molecule has 0 aromatic carbocycles. The molecule has 0 radical (unpaired) electrons. The molecule has 0 bridgehead atoms. The molecule has 0 saturated heterocycles. The molecule has 0 spiro atoms. The van der Waals surface area contributed by atoms with E-state index in [9.17, 15) is 4.79 Å². The Morgan fingerprint density at radius 3 is 1.31 bits per heavy atom. The molecule has 7 aromatic heterocycles. The van der Waals surface area contributed by atoms with Crippen molar-refractivity contribution in [1.82, 2.24) is 54.8 Å². The van der Waals surface area contributed by atoms with Gasteiger partial charge < -0.3 is 9.72 Å².